The largest absolute Gasteiger partial charge is 0.508 e. The van der Waals surface area contributed by atoms with Crippen molar-refractivity contribution in [2.75, 3.05) is 0 Å². The Balaban J connectivity index is 1.96. The summed E-state index contributed by atoms with van der Waals surface area (Å²) < 4.78 is 1.75. The van der Waals surface area contributed by atoms with E-state index in [2.05, 4.69) is 0 Å². The molecule has 0 saturated carbocycles. The number of benzene rings is 1. The van der Waals surface area contributed by atoms with Gasteiger partial charge in [0.1, 0.15) is 5.75 Å². The first-order valence-corrected chi connectivity index (χ1v) is 6.62. The van der Waals surface area contributed by atoms with Gasteiger partial charge in [0, 0.05) is 24.7 Å². The first kappa shape index (κ1) is 12.0. The Kier molecular flexibility index (Phi) is 2.90. The van der Waals surface area contributed by atoms with E-state index >= 15 is 0 Å². The van der Waals surface area contributed by atoms with Crippen LogP contribution in [0, 0.1) is 0 Å². The van der Waals surface area contributed by atoms with Crippen LogP contribution in [0.15, 0.2) is 41.2 Å². The van der Waals surface area contributed by atoms with Crippen molar-refractivity contribution in [3.63, 3.8) is 0 Å². The van der Waals surface area contributed by atoms with E-state index < -0.39 is 0 Å². The van der Waals surface area contributed by atoms with Crippen molar-refractivity contribution in [2.45, 2.75) is 25.2 Å². The number of pyridine rings is 1. The summed E-state index contributed by atoms with van der Waals surface area (Å²) in [6, 6.07) is 11.1. The molecule has 0 fully saturated rings. The number of phenols is 1. The highest BCUT2D eigenvalue weighted by molar-refractivity contribution is 5.38. The fourth-order valence-electron chi connectivity index (χ4n) is 2.98. The number of hydrogen-bond acceptors (Lipinski definition) is 2. The van der Waals surface area contributed by atoms with Crippen LogP contribution in [0.4, 0.5) is 0 Å². The summed E-state index contributed by atoms with van der Waals surface area (Å²) >= 11 is 0. The number of phenolic OH excluding ortho intramolecular Hbond substituents is 1. The minimum Gasteiger partial charge on any atom is -0.508 e. The first-order chi connectivity index (χ1) is 9.15. The molecule has 0 amide bonds. The zero-order chi connectivity index (χ0) is 13.4. The maximum absolute atomic E-state index is 11.7. The van der Waals surface area contributed by atoms with Gasteiger partial charge in [0.2, 0.25) is 5.56 Å². The van der Waals surface area contributed by atoms with Gasteiger partial charge in [-0.3, -0.25) is 4.79 Å². The maximum Gasteiger partial charge on any atom is 0.250 e. The van der Waals surface area contributed by atoms with Crippen LogP contribution in [0.25, 0.3) is 0 Å². The molecule has 1 aromatic heterocycles. The Labute approximate surface area is 112 Å². The second-order valence-electron chi connectivity index (χ2n) is 5.24. The quantitative estimate of drug-likeness (QED) is 0.850. The van der Waals surface area contributed by atoms with Gasteiger partial charge in [0.25, 0.3) is 0 Å². The van der Waals surface area contributed by atoms with Crippen LogP contribution in [0.1, 0.15) is 29.2 Å². The molecule has 0 saturated heterocycles. The number of aryl methyl sites for hydroxylation is 1. The van der Waals surface area contributed by atoms with Crippen molar-refractivity contribution in [3.05, 3.63) is 63.6 Å². The Hall–Kier alpha value is -2.03. The molecule has 1 aliphatic carbocycles. The van der Waals surface area contributed by atoms with Crippen molar-refractivity contribution in [1.82, 2.24) is 4.57 Å². The molecule has 1 N–H and O–H groups in total. The smallest absolute Gasteiger partial charge is 0.250 e. The monoisotopic (exact) mass is 255 g/mol. The summed E-state index contributed by atoms with van der Waals surface area (Å²) in [7, 11) is 1.84. The highest BCUT2D eigenvalue weighted by Crippen LogP contribution is 2.33. The number of aromatic nitrogens is 1. The molecular formula is C16H17NO2. The molecule has 3 nitrogen and oxygen atoms in total. The van der Waals surface area contributed by atoms with Gasteiger partial charge in [-0.25, -0.2) is 0 Å². The van der Waals surface area contributed by atoms with Crippen molar-refractivity contribution in [3.8, 4) is 5.75 Å². The average molecular weight is 255 g/mol. The third-order valence-corrected chi connectivity index (χ3v) is 4.06. The topological polar surface area (TPSA) is 42.2 Å². The molecular weight excluding hydrogens is 238 g/mol. The first-order valence-electron chi connectivity index (χ1n) is 6.62. The zero-order valence-electron chi connectivity index (χ0n) is 11.0. The van der Waals surface area contributed by atoms with E-state index in [1.807, 2.05) is 31.3 Å². The van der Waals surface area contributed by atoms with Gasteiger partial charge in [-0.05, 0) is 48.6 Å². The molecule has 0 radical (unpaired) electrons. The van der Waals surface area contributed by atoms with Crippen molar-refractivity contribution in [1.29, 1.82) is 0 Å². The van der Waals surface area contributed by atoms with Crippen molar-refractivity contribution in [2.24, 2.45) is 7.05 Å². The summed E-state index contributed by atoms with van der Waals surface area (Å²) in [5, 5.41) is 9.51. The maximum atomic E-state index is 11.7. The predicted octanol–water partition coefficient (Wildman–Crippen LogP) is 2.36. The number of hydrogen-bond donors (Lipinski definition) is 1. The summed E-state index contributed by atoms with van der Waals surface area (Å²) in [5.41, 5.74) is 3.67. The molecule has 0 spiro atoms. The predicted molar refractivity (Wildman–Crippen MR) is 74.6 cm³/mol. The molecule has 19 heavy (non-hydrogen) atoms. The van der Waals surface area contributed by atoms with E-state index in [0.717, 1.165) is 25.0 Å². The Morgan fingerprint density at radius 3 is 2.89 bits per heavy atom. The standard InChI is InChI=1S/C16H17NO2/c1-17-15(3-2-4-16(17)19)13-6-5-12-10-14(18)8-7-11(12)9-13/h2-4,7-8,10,13,18H,5-6,9H2,1H3/t13-/m1/s1. The van der Waals surface area contributed by atoms with Crippen LogP contribution in [-0.4, -0.2) is 9.67 Å². The molecule has 1 aromatic carbocycles. The van der Waals surface area contributed by atoms with Crippen LogP contribution >= 0.6 is 0 Å². The number of aromatic hydroxyl groups is 1. The molecule has 3 rings (SSSR count). The van der Waals surface area contributed by atoms with E-state index in [4.69, 9.17) is 0 Å². The molecule has 0 unspecified atom stereocenters. The highest BCUT2D eigenvalue weighted by Gasteiger charge is 2.22. The highest BCUT2D eigenvalue weighted by atomic mass is 16.3. The molecule has 1 heterocycles. The van der Waals surface area contributed by atoms with E-state index in [1.165, 1.54) is 11.1 Å². The second-order valence-corrected chi connectivity index (χ2v) is 5.24. The van der Waals surface area contributed by atoms with Crippen molar-refractivity contribution >= 4 is 0 Å². The van der Waals surface area contributed by atoms with Crippen molar-refractivity contribution < 1.29 is 5.11 Å². The lowest BCUT2D eigenvalue weighted by molar-refractivity contribution is 0.471. The third-order valence-electron chi connectivity index (χ3n) is 4.06. The molecule has 0 bridgehead atoms. The minimum atomic E-state index is 0.0500. The van der Waals surface area contributed by atoms with Gasteiger partial charge in [-0.1, -0.05) is 12.1 Å². The lowest BCUT2D eigenvalue weighted by Gasteiger charge is -2.26. The fourth-order valence-corrected chi connectivity index (χ4v) is 2.98. The van der Waals surface area contributed by atoms with Gasteiger partial charge in [0.15, 0.2) is 0 Å². The van der Waals surface area contributed by atoms with Crippen LogP contribution in [0.5, 0.6) is 5.75 Å². The van der Waals surface area contributed by atoms with Crippen LogP contribution < -0.4 is 5.56 Å². The number of rotatable bonds is 1. The zero-order valence-corrected chi connectivity index (χ0v) is 11.0. The number of fused-ring (bicyclic) bond motifs is 1. The molecule has 1 atom stereocenters. The Morgan fingerprint density at radius 1 is 1.21 bits per heavy atom. The van der Waals surface area contributed by atoms with E-state index in [1.54, 1.807) is 16.7 Å². The number of nitrogens with zero attached hydrogens (tertiary/aromatic N) is 1. The lowest BCUT2D eigenvalue weighted by atomic mass is 9.82. The SMILES string of the molecule is Cn1c([C@@H]2CCc3cc(O)ccc3C2)cccc1=O. The van der Waals surface area contributed by atoms with Crippen LogP contribution in [-0.2, 0) is 19.9 Å². The fraction of sp³-hybridized carbons (Fsp3) is 0.312. The van der Waals surface area contributed by atoms with Crippen LogP contribution in [0.2, 0.25) is 0 Å². The van der Waals surface area contributed by atoms with Gasteiger partial charge in [0.05, 0.1) is 0 Å². The summed E-state index contributed by atoms with van der Waals surface area (Å²) in [4.78, 5) is 11.7. The summed E-state index contributed by atoms with van der Waals surface area (Å²) in [5.74, 6) is 0.722. The Morgan fingerprint density at radius 2 is 2.05 bits per heavy atom. The molecule has 0 aliphatic heterocycles. The molecule has 98 valence electrons. The van der Waals surface area contributed by atoms with Gasteiger partial charge in [-0.2, -0.15) is 0 Å². The Bertz CT molecular complexity index is 673. The van der Waals surface area contributed by atoms with E-state index in [9.17, 15) is 9.90 Å². The van der Waals surface area contributed by atoms with E-state index in [-0.39, 0.29) is 5.56 Å². The average Bonchev–Trinajstić information content (AvgIpc) is 2.41. The summed E-state index contributed by atoms with van der Waals surface area (Å²) in [6.45, 7) is 0. The van der Waals surface area contributed by atoms with E-state index in [0.29, 0.717) is 11.7 Å². The minimum absolute atomic E-state index is 0.0500. The van der Waals surface area contributed by atoms with Gasteiger partial charge >= 0.3 is 0 Å². The summed E-state index contributed by atoms with van der Waals surface area (Å²) in [6.07, 6.45) is 2.91. The normalized spacial score (nSPS) is 18.1. The van der Waals surface area contributed by atoms with Crippen LogP contribution in [0.3, 0.4) is 0 Å². The second kappa shape index (κ2) is 4.57. The molecule has 3 heteroatoms. The van der Waals surface area contributed by atoms with Gasteiger partial charge in [-0.15, -0.1) is 0 Å². The molecule has 2 aromatic rings. The lowest BCUT2D eigenvalue weighted by Crippen LogP contribution is -2.23. The van der Waals surface area contributed by atoms with Gasteiger partial charge < -0.3 is 9.67 Å². The molecule has 1 aliphatic rings. The third kappa shape index (κ3) is 2.16.